The maximum Gasteiger partial charge on any atom is 0.272 e. The first-order chi connectivity index (χ1) is 12.5. The number of anilines is 1. The lowest BCUT2D eigenvalue weighted by Gasteiger charge is -2.06. The Morgan fingerprint density at radius 3 is 2.92 bits per heavy atom. The van der Waals surface area contributed by atoms with Gasteiger partial charge in [-0.1, -0.05) is 31.0 Å². The normalized spacial score (nSPS) is 10.8. The van der Waals surface area contributed by atoms with E-state index < -0.39 is 5.82 Å². The molecule has 0 amide bonds. The van der Waals surface area contributed by atoms with E-state index in [-0.39, 0.29) is 23.3 Å². The molecule has 0 atom stereocenters. The van der Waals surface area contributed by atoms with Crippen molar-refractivity contribution in [3.8, 4) is 6.07 Å². The Kier molecular flexibility index (Phi) is 5.24. The fourth-order valence-corrected chi connectivity index (χ4v) is 2.81. The molecule has 3 rings (SSSR count). The summed E-state index contributed by atoms with van der Waals surface area (Å²) in [7, 11) is 0. The lowest BCUT2D eigenvalue weighted by atomic mass is 10.2. The second-order valence-corrected chi connectivity index (χ2v) is 6.35. The van der Waals surface area contributed by atoms with Crippen LogP contribution in [0.25, 0.3) is 5.65 Å². The van der Waals surface area contributed by atoms with Crippen molar-refractivity contribution >= 4 is 23.1 Å². The van der Waals surface area contributed by atoms with Crippen LogP contribution in [0.3, 0.4) is 0 Å². The van der Waals surface area contributed by atoms with Gasteiger partial charge in [-0.15, -0.1) is 0 Å². The van der Waals surface area contributed by atoms with E-state index in [1.54, 1.807) is 12.1 Å². The summed E-state index contributed by atoms with van der Waals surface area (Å²) in [5.74, 6) is -0.129. The Hall–Kier alpha value is -2.85. The van der Waals surface area contributed by atoms with E-state index in [9.17, 15) is 14.4 Å². The molecule has 0 saturated heterocycles. The van der Waals surface area contributed by atoms with E-state index in [0.29, 0.717) is 28.5 Å². The minimum atomic E-state index is -0.447. The molecule has 8 heteroatoms. The Morgan fingerprint density at radius 1 is 1.42 bits per heavy atom. The first kappa shape index (κ1) is 18.0. The maximum atomic E-state index is 13.9. The van der Waals surface area contributed by atoms with E-state index in [1.807, 2.05) is 0 Å². The standard InChI is InChI=1S/C18H17ClFN5O/c1-2-3-4-13-8-16(26)25-18(23-13)14(9-21)17(24-25)22-10-11-5-6-12(19)7-15(11)20/h5-8,22,24H,2-4,10H2,1H3. The molecule has 0 saturated carbocycles. The van der Waals surface area contributed by atoms with Crippen LogP contribution in [0.4, 0.5) is 10.2 Å². The van der Waals surface area contributed by atoms with E-state index in [4.69, 9.17) is 11.6 Å². The van der Waals surface area contributed by atoms with Crippen molar-refractivity contribution < 1.29 is 4.39 Å². The summed E-state index contributed by atoms with van der Waals surface area (Å²) in [6, 6.07) is 7.89. The van der Waals surface area contributed by atoms with Crippen LogP contribution in [0, 0.1) is 17.1 Å². The van der Waals surface area contributed by atoms with E-state index in [1.165, 1.54) is 16.6 Å². The number of nitrogens with one attached hydrogen (secondary N) is 2. The quantitative estimate of drug-likeness (QED) is 0.690. The van der Waals surface area contributed by atoms with Crippen LogP contribution in [-0.4, -0.2) is 14.6 Å². The number of halogens is 2. The van der Waals surface area contributed by atoms with Crippen LogP contribution >= 0.6 is 11.6 Å². The summed E-state index contributed by atoms with van der Waals surface area (Å²) < 4.78 is 15.1. The van der Waals surface area contributed by atoms with Gasteiger partial charge in [0.25, 0.3) is 5.56 Å². The topological polar surface area (TPSA) is 86.0 Å². The maximum absolute atomic E-state index is 13.9. The number of hydrogen-bond donors (Lipinski definition) is 2. The largest absolute Gasteiger partial charge is 0.365 e. The number of benzene rings is 1. The summed E-state index contributed by atoms with van der Waals surface area (Å²) in [5.41, 5.74) is 1.24. The second-order valence-electron chi connectivity index (χ2n) is 5.91. The van der Waals surface area contributed by atoms with Crippen molar-refractivity contribution in [2.75, 3.05) is 5.32 Å². The first-order valence-corrected chi connectivity index (χ1v) is 8.63. The Labute approximate surface area is 154 Å². The van der Waals surface area contributed by atoms with Crippen molar-refractivity contribution in [2.24, 2.45) is 0 Å². The highest BCUT2D eigenvalue weighted by Crippen LogP contribution is 2.20. The van der Waals surface area contributed by atoms with Crippen LogP contribution in [-0.2, 0) is 13.0 Å². The summed E-state index contributed by atoms with van der Waals surface area (Å²) in [6.45, 7) is 2.18. The number of unbranched alkanes of at least 4 members (excludes halogenated alkanes) is 1. The molecule has 2 heterocycles. The number of hydrogen-bond acceptors (Lipinski definition) is 4. The van der Waals surface area contributed by atoms with E-state index in [0.717, 1.165) is 12.8 Å². The SMILES string of the molecule is CCCCc1cc(=O)n2[nH]c(NCc3ccc(Cl)cc3F)c(C#N)c2n1. The molecule has 134 valence electrons. The number of nitrogens with zero attached hydrogens (tertiary/aromatic N) is 3. The average Bonchev–Trinajstić information content (AvgIpc) is 2.97. The molecular formula is C18H17ClFN5O. The second kappa shape index (κ2) is 7.58. The molecule has 0 radical (unpaired) electrons. The van der Waals surface area contributed by atoms with Crippen LogP contribution in [0.1, 0.15) is 36.6 Å². The van der Waals surface area contributed by atoms with E-state index in [2.05, 4.69) is 28.4 Å². The van der Waals surface area contributed by atoms with Crippen molar-refractivity contribution in [3.63, 3.8) is 0 Å². The molecule has 0 unspecified atom stereocenters. The van der Waals surface area contributed by atoms with Crippen LogP contribution in [0.2, 0.25) is 5.02 Å². The number of aromatic amines is 1. The molecule has 2 aromatic heterocycles. The monoisotopic (exact) mass is 373 g/mol. The molecule has 2 N–H and O–H groups in total. The van der Waals surface area contributed by atoms with Gasteiger partial charge in [-0.3, -0.25) is 9.89 Å². The molecule has 0 aliphatic heterocycles. The van der Waals surface area contributed by atoms with Gasteiger partial charge in [0.05, 0.1) is 0 Å². The highest BCUT2D eigenvalue weighted by molar-refractivity contribution is 6.30. The number of nitriles is 1. The predicted octanol–water partition coefficient (Wildman–Crippen LogP) is 3.64. The molecule has 0 spiro atoms. The van der Waals surface area contributed by atoms with E-state index >= 15 is 0 Å². The highest BCUT2D eigenvalue weighted by Gasteiger charge is 2.15. The molecule has 0 bridgehead atoms. The third-order valence-electron chi connectivity index (χ3n) is 4.04. The van der Waals surface area contributed by atoms with Gasteiger partial charge in [-0.25, -0.2) is 9.37 Å². The molecule has 3 aromatic rings. The van der Waals surface area contributed by atoms with Crippen LogP contribution in [0.5, 0.6) is 0 Å². The number of H-pyrrole nitrogens is 1. The third kappa shape index (κ3) is 3.55. The van der Waals surface area contributed by atoms with Crippen LogP contribution < -0.4 is 10.9 Å². The van der Waals surface area contributed by atoms with Gasteiger partial charge in [0.15, 0.2) is 5.65 Å². The van der Waals surface area contributed by atoms with Gasteiger partial charge in [0.1, 0.15) is 23.3 Å². The summed E-state index contributed by atoms with van der Waals surface area (Å²) in [5, 5.41) is 15.6. The van der Waals surface area contributed by atoms with Gasteiger partial charge >= 0.3 is 0 Å². The zero-order valence-electron chi connectivity index (χ0n) is 14.1. The Morgan fingerprint density at radius 2 is 2.23 bits per heavy atom. The Balaban J connectivity index is 1.94. The molecule has 0 fully saturated rings. The summed E-state index contributed by atoms with van der Waals surface area (Å²) in [6.07, 6.45) is 2.58. The fourth-order valence-electron chi connectivity index (χ4n) is 2.65. The van der Waals surface area contributed by atoms with Crippen molar-refractivity contribution in [3.05, 3.63) is 62.3 Å². The molecule has 0 aliphatic rings. The lowest BCUT2D eigenvalue weighted by molar-refractivity contribution is 0.613. The number of aryl methyl sites for hydroxylation is 1. The highest BCUT2D eigenvalue weighted by atomic mass is 35.5. The average molecular weight is 374 g/mol. The lowest BCUT2D eigenvalue weighted by Crippen LogP contribution is -2.16. The fraction of sp³-hybridized carbons (Fsp3) is 0.278. The number of fused-ring (bicyclic) bond motifs is 1. The summed E-state index contributed by atoms with van der Waals surface area (Å²) >= 11 is 5.75. The molecule has 1 aromatic carbocycles. The van der Waals surface area contributed by atoms with Gasteiger partial charge in [-0.05, 0) is 25.0 Å². The smallest absolute Gasteiger partial charge is 0.272 e. The number of rotatable bonds is 6. The Bertz CT molecular complexity index is 1050. The minimum Gasteiger partial charge on any atom is -0.365 e. The predicted molar refractivity (Wildman–Crippen MR) is 97.9 cm³/mol. The molecule has 6 nitrogen and oxygen atoms in total. The summed E-state index contributed by atoms with van der Waals surface area (Å²) in [4.78, 5) is 16.7. The zero-order valence-corrected chi connectivity index (χ0v) is 14.9. The van der Waals surface area contributed by atoms with Gasteiger partial charge < -0.3 is 5.32 Å². The zero-order chi connectivity index (χ0) is 18.7. The first-order valence-electron chi connectivity index (χ1n) is 8.26. The van der Waals surface area contributed by atoms with Gasteiger partial charge in [0.2, 0.25) is 0 Å². The minimum absolute atomic E-state index is 0.127. The van der Waals surface area contributed by atoms with Gasteiger partial charge in [0, 0.05) is 28.9 Å². The number of aromatic nitrogens is 3. The molecular weight excluding hydrogens is 357 g/mol. The van der Waals surface area contributed by atoms with Gasteiger partial charge in [-0.2, -0.15) is 9.78 Å². The van der Waals surface area contributed by atoms with Crippen molar-refractivity contribution in [2.45, 2.75) is 32.7 Å². The molecule has 0 aliphatic carbocycles. The van der Waals surface area contributed by atoms with Crippen LogP contribution in [0.15, 0.2) is 29.1 Å². The third-order valence-corrected chi connectivity index (χ3v) is 4.27. The molecule has 26 heavy (non-hydrogen) atoms. The van der Waals surface area contributed by atoms with Crippen molar-refractivity contribution in [1.29, 1.82) is 5.26 Å². The van der Waals surface area contributed by atoms with Crippen molar-refractivity contribution in [1.82, 2.24) is 14.6 Å².